The van der Waals surface area contributed by atoms with Crippen molar-refractivity contribution in [1.82, 2.24) is 15.0 Å². The Kier molecular flexibility index (Phi) is 6.73. The highest BCUT2D eigenvalue weighted by atomic mass is 32.3. The van der Waals surface area contributed by atoms with Gasteiger partial charge in [-0.1, -0.05) is 0 Å². The molecule has 0 bridgehead atoms. The number of nitrogens with one attached hydrogen (secondary N) is 3. The van der Waals surface area contributed by atoms with Gasteiger partial charge in [0.15, 0.2) is 0 Å². The quantitative estimate of drug-likeness (QED) is 0.367. The van der Waals surface area contributed by atoms with E-state index in [4.69, 9.17) is 0 Å². The van der Waals surface area contributed by atoms with Crippen molar-refractivity contribution in [3.63, 3.8) is 0 Å². The maximum atomic E-state index is 15.2. The number of carbonyl (C=O) groups is 1. The van der Waals surface area contributed by atoms with Gasteiger partial charge >= 0.3 is 12.7 Å². The number of amides is 1. The molecular weight excluding hydrogens is 499 g/mol. The molecule has 2 aromatic rings. The third kappa shape index (κ3) is 4.52. The van der Waals surface area contributed by atoms with E-state index in [0.717, 1.165) is 0 Å². The molecule has 1 amide bonds. The van der Waals surface area contributed by atoms with Gasteiger partial charge in [0.1, 0.15) is 22.9 Å². The fourth-order valence-corrected chi connectivity index (χ4v) is 8.58. The minimum Gasteiger partial charge on any atom is -0.465 e. The lowest BCUT2D eigenvalue weighted by Gasteiger charge is -2.51. The van der Waals surface area contributed by atoms with E-state index >= 15 is 4.39 Å². The molecule has 36 heavy (non-hydrogen) atoms. The summed E-state index contributed by atoms with van der Waals surface area (Å²) in [4.78, 5) is 20.2. The number of pyridine rings is 1. The second kappa shape index (κ2) is 9.36. The first-order valence-corrected chi connectivity index (χ1v) is 13.0. The number of aromatic nitrogens is 1. The molecule has 0 saturated carbocycles. The number of nitrogens with zero attached hydrogens (tertiary/aromatic N) is 2. The molecule has 1 fully saturated rings. The molecule has 2 atom stereocenters. The van der Waals surface area contributed by atoms with Crippen LogP contribution in [0, 0.1) is 5.82 Å². The number of hydrogen-bond donors (Lipinski definition) is 5. The molecule has 2 aliphatic rings. The Morgan fingerprint density at radius 3 is 2.69 bits per heavy atom. The largest absolute Gasteiger partial charge is 0.465 e. The third-order valence-electron chi connectivity index (χ3n) is 6.84. The molecule has 0 spiro atoms. The second-order valence-electron chi connectivity index (χ2n) is 9.38. The minimum atomic E-state index is -3.26. The zero-order valence-electron chi connectivity index (χ0n) is 19.9. The van der Waals surface area contributed by atoms with E-state index in [0.29, 0.717) is 24.3 Å². The number of benzene rings is 1. The zero-order chi connectivity index (χ0) is 26.3. The maximum Gasteiger partial charge on any atom is 0.410 e. The number of alkyl halides is 2. The van der Waals surface area contributed by atoms with Gasteiger partial charge in [-0.15, -0.1) is 0 Å². The monoisotopic (exact) mass is 527 g/mol. The van der Waals surface area contributed by atoms with E-state index in [1.54, 1.807) is 26.8 Å². The predicted octanol–water partition coefficient (Wildman–Crippen LogP) is 3.40. The molecule has 13 heteroatoms. The molecule has 196 valence electrons. The van der Waals surface area contributed by atoms with Gasteiger partial charge in [-0.05, 0) is 67.6 Å². The van der Waals surface area contributed by atoms with E-state index in [1.165, 1.54) is 30.5 Å². The van der Waals surface area contributed by atoms with Crippen molar-refractivity contribution in [3.05, 3.63) is 53.6 Å². The summed E-state index contributed by atoms with van der Waals surface area (Å²) < 4.78 is 60.4. The first-order chi connectivity index (χ1) is 16.9. The van der Waals surface area contributed by atoms with Crippen LogP contribution in [0.4, 0.5) is 23.7 Å². The number of anilines is 1. The second-order valence-corrected chi connectivity index (χ2v) is 12.8. The van der Waals surface area contributed by atoms with Crippen LogP contribution in [0.2, 0.25) is 0 Å². The van der Waals surface area contributed by atoms with Gasteiger partial charge < -0.3 is 15.2 Å². The van der Waals surface area contributed by atoms with Gasteiger partial charge in [-0.2, -0.15) is 8.78 Å². The number of halogens is 3. The maximum absolute atomic E-state index is 15.2. The Morgan fingerprint density at radius 2 is 2.06 bits per heavy atom. The SMILES string of the molecule is CC1(C)C(NC(=O)O)=N[C@](C)(c2cc(NCc3ccc(OC(F)F)cn3)ccc2F)[C@@H]2CCN[SH]21=O. The number of carboxylic acid groups (broad SMARTS) is 1. The summed E-state index contributed by atoms with van der Waals surface area (Å²) in [5.74, 6) is -0.616. The number of rotatable bonds is 6. The lowest BCUT2D eigenvalue weighted by molar-refractivity contribution is -0.0501. The fraction of sp³-hybridized carbons (Fsp3) is 0.435. The highest BCUT2D eigenvalue weighted by Crippen LogP contribution is 2.49. The molecule has 0 unspecified atom stereocenters. The smallest absolute Gasteiger partial charge is 0.410 e. The minimum absolute atomic E-state index is 0.0135. The summed E-state index contributed by atoms with van der Waals surface area (Å²) in [6.45, 7) is 2.72. The number of thiol groups is 1. The van der Waals surface area contributed by atoms with Crippen molar-refractivity contribution in [1.29, 1.82) is 0 Å². The molecule has 0 aliphatic carbocycles. The standard InChI is InChI=1S/C23H28F3N5O4S/c1-22(2)19(30-21(32)33)31-23(3,18-8-9-29-36(18,22)34)16-10-13(5-7-17(16)24)27-11-14-4-6-15(12-28-14)35-20(25)26/h4-7,10,12,18,20,27,36H,8-9,11H2,1-3H3,(H,29,34)(H,30,31)(H,32,33)/t18-,23+/m0/s1. The highest BCUT2D eigenvalue weighted by Gasteiger charge is 2.59. The first-order valence-electron chi connectivity index (χ1n) is 11.3. The van der Waals surface area contributed by atoms with E-state index in [2.05, 4.69) is 30.1 Å². The highest BCUT2D eigenvalue weighted by molar-refractivity contribution is 8.04. The van der Waals surface area contributed by atoms with Crippen LogP contribution in [0.5, 0.6) is 5.75 Å². The summed E-state index contributed by atoms with van der Waals surface area (Å²) in [5, 5.41) is 14.2. The summed E-state index contributed by atoms with van der Waals surface area (Å²) in [6, 6.07) is 7.24. The van der Waals surface area contributed by atoms with Crippen LogP contribution < -0.4 is 20.1 Å². The van der Waals surface area contributed by atoms with Gasteiger partial charge in [-0.3, -0.25) is 24.2 Å². The normalized spacial score (nSPS) is 25.0. The zero-order valence-corrected chi connectivity index (χ0v) is 20.8. The predicted molar refractivity (Wildman–Crippen MR) is 131 cm³/mol. The van der Waals surface area contributed by atoms with Crippen molar-refractivity contribution in [2.45, 2.75) is 55.9 Å². The average molecular weight is 528 g/mol. The fourth-order valence-electron chi connectivity index (χ4n) is 4.91. The van der Waals surface area contributed by atoms with Crippen LogP contribution in [0.15, 0.2) is 41.5 Å². The van der Waals surface area contributed by atoms with E-state index in [9.17, 15) is 22.9 Å². The van der Waals surface area contributed by atoms with Gasteiger partial charge in [0.05, 0.1) is 28.4 Å². The van der Waals surface area contributed by atoms with Gasteiger partial charge in [0.2, 0.25) is 0 Å². The van der Waals surface area contributed by atoms with Gasteiger partial charge in [-0.25, -0.2) is 9.18 Å². The number of ether oxygens (including phenoxy) is 1. The Labute approximate surface area is 207 Å². The number of fused-ring (bicyclic) bond motifs is 1. The van der Waals surface area contributed by atoms with Crippen molar-refractivity contribution in [2.75, 3.05) is 11.9 Å². The lowest BCUT2D eigenvalue weighted by atomic mass is 9.85. The van der Waals surface area contributed by atoms with Crippen LogP contribution in [0.1, 0.15) is 38.4 Å². The Morgan fingerprint density at radius 1 is 1.31 bits per heavy atom. The molecule has 3 heterocycles. The molecule has 2 aliphatic heterocycles. The average Bonchev–Trinajstić information content (AvgIpc) is 3.22. The van der Waals surface area contributed by atoms with Crippen molar-refractivity contribution >= 4 is 27.7 Å². The molecule has 1 aromatic heterocycles. The van der Waals surface area contributed by atoms with E-state index < -0.39 is 44.2 Å². The van der Waals surface area contributed by atoms with Crippen LogP contribution in [0.3, 0.4) is 0 Å². The number of aliphatic imine (C=N–C) groups is 1. The van der Waals surface area contributed by atoms with Gasteiger partial charge in [0, 0.05) is 17.8 Å². The van der Waals surface area contributed by atoms with E-state index in [1.807, 2.05) is 0 Å². The molecular formula is C23H28F3N5O4S. The summed E-state index contributed by atoms with van der Waals surface area (Å²) in [5.41, 5.74) is -0.0737. The summed E-state index contributed by atoms with van der Waals surface area (Å²) in [7, 11) is -3.26. The van der Waals surface area contributed by atoms with E-state index in [-0.39, 0.29) is 23.7 Å². The van der Waals surface area contributed by atoms with Crippen molar-refractivity contribution in [3.8, 4) is 5.75 Å². The topological polar surface area (TPSA) is 125 Å². The molecule has 0 radical (unpaired) electrons. The van der Waals surface area contributed by atoms with Crippen LogP contribution in [-0.2, 0) is 22.2 Å². The van der Waals surface area contributed by atoms with Crippen LogP contribution >= 0.6 is 0 Å². The summed E-state index contributed by atoms with van der Waals surface area (Å²) in [6.07, 6.45) is 0.317. The Hall–Kier alpha value is -3.19. The molecule has 4 N–H and O–H groups in total. The number of hydrogen-bond acceptors (Lipinski definition) is 6. The van der Waals surface area contributed by atoms with Crippen LogP contribution in [0.25, 0.3) is 0 Å². The first kappa shape index (κ1) is 25.9. The third-order valence-corrected chi connectivity index (χ3v) is 11.0. The Bertz CT molecular complexity index is 1240. The molecule has 1 aromatic carbocycles. The lowest BCUT2D eigenvalue weighted by Crippen LogP contribution is -2.65. The summed E-state index contributed by atoms with van der Waals surface area (Å²) >= 11 is 0. The van der Waals surface area contributed by atoms with Crippen molar-refractivity contribution in [2.24, 2.45) is 4.99 Å². The van der Waals surface area contributed by atoms with Crippen LogP contribution in [-0.4, -0.2) is 49.4 Å². The molecule has 1 saturated heterocycles. The van der Waals surface area contributed by atoms with Crippen molar-refractivity contribution < 1.29 is 32.0 Å². The van der Waals surface area contributed by atoms with Gasteiger partial charge in [0.25, 0.3) is 0 Å². The molecule has 9 nitrogen and oxygen atoms in total. The molecule has 4 rings (SSSR count). The Balaban J connectivity index is 1.66. The number of amidine groups is 1.